The molecule has 120 valence electrons. The highest BCUT2D eigenvalue weighted by Gasteiger charge is 2.15. The first-order valence-electron chi connectivity index (χ1n) is 7.40. The van der Waals surface area contributed by atoms with Gasteiger partial charge in [0.05, 0.1) is 6.54 Å². The lowest BCUT2D eigenvalue weighted by atomic mass is 10.1. The van der Waals surface area contributed by atoms with Crippen LogP contribution in [0.4, 0.5) is 5.69 Å². The molecule has 4 nitrogen and oxygen atoms in total. The molecule has 2 aromatic carbocycles. The van der Waals surface area contributed by atoms with E-state index in [9.17, 15) is 9.59 Å². The summed E-state index contributed by atoms with van der Waals surface area (Å²) in [6.07, 6.45) is 0.837. The molecule has 0 aliphatic carbocycles. The van der Waals surface area contributed by atoms with Crippen LogP contribution in [0.1, 0.15) is 22.8 Å². The number of likely N-dealkylation sites (N-methyl/N-ethyl adjacent to an activating group) is 1. The molecular formula is C18H19BrN2O2. The van der Waals surface area contributed by atoms with Gasteiger partial charge in [0, 0.05) is 22.8 Å². The number of carbonyl (C=O) groups excluding carboxylic acids is 2. The number of hydrogen-bond acceptors (Lipinski definition) is 2. The first-order chi connectivity index (χ1) is 11.0. The molecule has 0 unspecified atom stereocenters. The molecule has 0 radical (unpaired) electrons. The van der Waals surface area contributed by atoms with Crippen LogP contribution in [0.5, 0.6) is 0 Å². The van der Waals surface area contributed by atoms with Gasteiger partial charge in [-0.3, -0.25) is 9.59 Å². The molecule has 0 spiro atoms. The Kier molecular flexibility index (Phi) is 5.93. The van der Waals surface area contributed by atoms with E-state index in [1.165, 1.54) is 4.90 Å². The molecule has 0 saturated heterocycles. The summed E-state index contributed by atoms with van der Waals surface area (Å²) in [6, 6.07) is 14.7. The summed E-state index contributed by atoms with van der Waals surface area (Å²) in [7, 11) is 1.62. The first kappa shape index (κ1) is 17.2. The Hall–Kier alpha value is -2.14. The van der Waals surface area contributed by atoms with Gasteiger partial charge in [0.1, 0.15) is 0 Å². The van der Waals surface area contributed by atoms with Gasteiger partial charge < -0.3 is 10.2 Å². The van der Waals surface area contributed by atoms with E-state index in [0.717, 1.165) is 22.1 Å². The van der Waals surface area contributed by atoms with Crippen molar-refractivity contribution in [3.63, 3.8) is 0 Å². The highest BCUT2D eigenvalue weighted by atomic mass is 79.9. The Morgan fingerprint density at radius 1 is 1.09 bits per heavy atom. The third-order valence-electron chi connectivity index (χ3n) is 3.49. The highest BCUT2D eigenvalue weighted by Crippen LogP contribution is 2.15. The highest BCUT2D eigenvalue weighted by molar-refractivity contribution is 9.10. The van der Waals surface area contributed by atoms with Crippen LogP contribution >= 0.6 is 15.9 Å². The first-order valence-corrected chi connectivity index (χ1v) is 8.19. The largest absolute Gasteiger partial charge is 0.332 e. The van der Waals surface area contributed by atoms with Crippen LogP contribution in [0.3, 0.4) is 0 Å². The molecule has 2 aromatic rings. The summed E-state index contributed by atoms with van der Waals surface area (Å²) in [6.45, 7) is 2.04. The van der Waals surface area contributed by atoms with Crippen molar-refractivity contribution >= 4 is 33.4 Å². The minimum Gasteiger partial charge on any atom is -0.332 e. The standard InChI is InChI=1S/C18H19BrN2O2/c1-3-13-6-4-5-7-16(13)20-17(22)12-21(2)18(23)14-8-10-15(19)11-9-14/h4-11H,3,12H2,1-2H3,(H,20,22). The van der Waals surface area contributed by atoms with Crippen LogP contribution < -0.4 is 5.32 Å². The van der Waals surface area contributed by atoms with Crippen molar-refractivity contribution in [1.29, 1.82) is 0 Å². The van der Waals surface area contributed by atoms with Gasteiger partial charge in [-0.05, 0) is 42.3 Å². The second-order valence-corrected chi connectivity index (χ2v) is 6.14. The second-order valence-electron chi connectivity index (χ2n) is 5.23. The molecular weight excluding hydrogens is 356 g/mol. The lowest BCUT2D eigenvalue weighted by Gasteiger charge is -2.17. The maximum absolute atomic E-state index is 12.3. The van der Waals surface area contributed by atoms with Crippen molar-refractivity contribution in [2.45, 2.75) is 13.3 Å². The molecule has 0 bridgehead atoms. The van der Waals surface area contributed by atoms with Gasteiger partial charge in [-0.25, -0.2) is 0 Å². The molecule has 2 amide bonds. The maximum Gasteiger partial charge on any atom is 0.254 e. The van der Waals surface area contributed by atoms with Crippen molar-refractivity contribution < 1.29 is 9.59 Å². The number of anilines is 1. The van der Waals surface area contributed by atoms with Gasteiger partial charge in [0.2, 0.25) is 5.91 Å². The molecule has 2 rings (SSSR count). The van der Waals surface area contributed by atoms with Gasteiger partial charge in [-0.15, -0.1) is 0 Å². The lowest BCUT2D eigenvalue weighted by Crippen LogP contribution is -2.35. The van der Waals surface area contributed by atoms with E-state index in [1.807, 2.05) is 31.2 Å². The molecule has 0 aromatic heterocycles. The average Bonchev–Trinajstić information content (AvgIpc) is 2.55. The molecule has 0 atom stereocenters. The third-order valence-corrected chi connectivity index (χ3v) is 4.02. The molecule has 23 heavy (non-hydrogen) atoms. The summed E-state index contributed by atoms with van der Waals surface area (Å²) in [5.74, 6) is -0.393. The fourth-order valence-corrected chi connectivity index (χ4v) is 2.50. The van der Waals surface area contributed by atoms with E-state index in [2.05, 4.69) is 21.2 Å². The van der Waals surface area contributed by atoms with Gasteiger partial charge >= 0.3 is 0 Å². The lowest BCUT2D eigenvalue weighted by molar-refractivity contribution is -0.116. The Morgan fingerprint density at radius 3 is 2.39 bits per heavy atom. The van der Waals surface area contributed by atoms with Crippen molar-refractivity contribution in [2.75, 3.05) is 18.9 Å². The molecule has 1 N–H and O–H groups in total. The number of benzene rings is 2. The Balaban J connectivity index is 1.99. The fourth-order valence-electron chi connectivity index (χ4n) is 2.24. The fraction of sp³-hybridized carbons (Fsp3) is 0.222. The Labute approximate surface area is 144 Å². The summed E-state index contributed by atoms with van der Waals surface area (Å²) in [5, 5.41) is 2.87. The van der Waals surface area contributed by atoms with Crippen molar-refractivity contribution in [2.24, 2.45) is 0 Å². The van der Waals surface area contributed by atoms with Crippen molar-refractivity contribution in [3.8, 4) is 0 Å². The van der Waals surface area contributed by atoms with E-state index in [1.54, 1.807) is 31.3 Å². The van der Waals surface area contributed by atoms with E-state index < -0.39 is 0 Å². The number of halogens is 1. The number of nitrogens with one attached hydrogen (secondary N) is 1. The molecule has 5 heteroatoms. The number of carbonyl (C=O) groups is 2. The minimum absolute atomic E-state index is 0.00689. The van der Waals surface area contributed by atoms with E-state index in [4.69, 9.17) is 0 Å². The number of nitrogens with zero attached hydrogens (tertiary/aromatic N) is 1. The summed E-state index contributed by atoms with van der Waals surface area (Å²) in [5.41, 5.74) is 2.42. The van der Waals surface area contributed by atoms with Crippen LogP contribution in [0.25, 0.3) is 0 Å². The summed E-state index contributed by atoms with van der Waals surface area (Å²) < 4.78 is 0.908. The number of rotatable bonds is 5. The monoisotopic (exact) mass is 374 g/mol. The Morgan fingerprint density at radius 2 is 1.74 bits per heavy atom. The van der Waals surface area contributed by atoms with Crippen molar-refractivity contribution in [1.82, 2.24) is 4.90 Å². The van der Waals surface area contributed by atoms with Crippen LogP contribution in [0.15, 0.2) is 53.0 Å². The summed E-state index contributed by atoms with van der Waals surface area (Å²) in [4.78, 5) is 25.9. The zero-order valence-electron chi connectivity index (χ0n) is 13.2. The topological polar surface area (TPSA) is 49.4 Å². The predicted octanol–water partition coefficient (Wildman–Crippen LogP) is 3.72. The predicted molar refractivity (Wildman–Crippen MR) is 95.6 cm³/mol. The third kappa shape index (κ3) is 4.66. The van der Waals surface area contributed by atoms with Gasteiger partial charge in [0.15, 0.2) is 0 Å². The second kappa shape index (κ2) is 7.92. The quantitative estimate of drug-likeness (QED) is 0.866. The summed E-state index contributed by atoms with van der Waals surface area (Å²) >= 11 is 3.33. The van der Waals surface area contributed by atoms with Crippen LogP contribution in [0.2, 0.25) is 0 Å². The van der Waals surface area contributed by atoms with Gasteiger partial charge in [-0.2, -0.15) is 0 Å². The van der Waals surface area contributed by atoms with E-state index >= 15 is 0 Å². The number of aryl methyl sites for hydroxylation is 1. The van der Waals surface area contributed by atoms with Gasteiger partial charge in [-0.1, -0.05) is 41.1 Å². The van der Waals surface area contributed by atoms with E-state index in [0.29, 0.717) is 5.56 Å². The van der Waals surface area contributed by atoms with E-state index in [-0.39, 0.29) is 18.4 Å². The smallest absolute Gasteiger partial charge is 0.254 e. The normalized spacial score (nSPS) is 10.2. The van der Waals surface area contributed by atoms with Gasteiger partial charge in [0.25, 0.3) is 5.91 Å². The number of amides is 2. The van der Waals surface area contributed by atoms with Crippen molar-refractivity contribution in [3.05, 3.63) is 64.1 Å². The SMILES string of the molecule is CCc1ccccc1NC(=O)CN(C)C(=O)c1ccc(Br)cc1. The number of hydrogen-bond donors (Lipinski definition) is 1. The minimum atomic E-state index is -0.209. The molecule has 0 saturated carbocycles. The Bertz CT molecular complexity index is 698. The average molecular weight is 375 g/mol. The molecule has 0 aliphatic heterocycles. The van der Waals surface area contributed by atoms with Crippen LogP contribution in [-0.2, 0) is 11.2 Å². The molecule has 0 heterocycles. The zero-order valence-corrected chi connectivity index (χ0v) is 14.8. The maximum atomic E-state index is 12.3. The number of para-hydroxylation sites is 1. The zero-order chi connectivity index (χ0) is 16.8. The van der Waals surface area contributed by atoms with Crippen LogP contribution in [-0.4, -0.2) is 30.3 Å². The molecule has 0 aliphatic rings. The molecule has 0 fully saturated rings. The van der Waals surface area contributed by atoms with Crippen LogP contribution in [0, 0.1) is 0 Å².